The normalized spacial score (nSPS) is 11.2. The fourth-order valence-electron chi connectivity index (χ4n) is 1.09. The van der Waals surface area contributed by atoms with Crippen molar-refractivity contribution in [1.82, 2.24) is 9.97 Å². The van der Waals surface area contributed by atoms with Crippen molar-refractivity contribution in [1.29, 1.82) is 0 Å². The highest BCUT2D eigenvalue weighted by atomic mass is 16.3. The van der Waals surface area contributed by atoms with E-state index in [0.29, 0.717) is 6.54 Å². The third kappa shape index (κ3) is 4.93. The van der Waals surface area contributed by atoms with Crippen molar-refractivity contribution in [3.8, 4) is 0 Å². The van der Waals surface area contributed by atoms with Crippen molar-refractivity contribution in [3.05, 3.63) is 12.4 Å². The fourth-order valence-corrected chi connectivity index (χ4v) is 1.09. The summed E-state index contributed by atoms with van der Waals surface area (Å²) in [5, 5.41) is 14.9. The average Bonchev–Trinajstić information content (AvgIpc) is 2.23. The summed E-state index contributed by atoms with van der Waals surface area (Å²) in [6, 6.07) is 1.83. The molecule has 1 heterocycles. The third-order valence-electron chi connectivity index (χ3n) is 1.88. The van der Waals surface area contributed by atoms with Crippen LogP contribution < -0.4 is 10.6 Å². The number of nitrogens with one attached hydrogen (secondary N) is 2. The first kappa shape index (κ1) is 12.7. The second-order valence-electron chi connectivity index (χ2n) is 4.85. The van der Waals surface area contributed by atoms with Crippen LogP contribution in [0.3, 0.4) is 0 Å². The molecule has 1 aromatic heterocycles. The summed E-state index contributed by atoms with van der Waals surface area (Å²) in [5.41, 5.74) is 0.212. The number of hydrogen-bond acceptors (Lipinski definition) is 5. The van der Waals surface area contributed by atoms with Crippen LogP contribution in [-0.2, 0) is 0 Å². The van der Waals surface area contributed by atoms with Crippen LogP contribution in [0.5, 0.6) is 0 Å². The lowest BCUT2D eigenvalue weighted by atomic mass is 9.97. The highest BCUT2D eigenvalue weighted by Gasteiger charge is 2.09. The Morgan fingerprint density at radius 1 is 1.19 bits per heavy atom. The lowest BCUT2D eigenvalue weighted by Crippen LogP contribution is -2.19. The van der Waals surface area contributed by atoms with Crippen LogP contribution in [-0.4, -0.2) is 34.8 Å². The van der Waals surface area contributed by atoms with Gasteiger partial charge in [-0.05, 0) is 5.41 Å². The number of nitrogens with zero attached hydrogens (tertiary/aromatic N) is 2. The van der Waals surface area contributed by atoms with Gasteiger partial charge in [0, 0.05) is 19.2 Å². The molecule has 0 aromatic carbocycles. The van der Waals surface area contributed by atoms with Crippen LogP contribution in [0.15, 0.2) is 12.4 Å². The van der Waals surface area contributed by atoms with Gasteiger partial charge in [-0.15, -0.1) is 0 Å². The van der Waals surface area contributed by atoms with Gasteiger partial charge in [-0.3, -0.25) is 0 Å². The van der Waals surface area contributed by atoms with Crippen LogP contribution in [0.1, 0.15) is 20.8 Å². The van der Waals surface area contributed by atoms with Gasteiger partial charge in [-0.25, -0.2) is 9.97 Å². The Morgan fingerprint density at radius 2 is 1.81 bits per heavy atom. The van der Waals surface area contributed by atoms with Gasteiger partial charge >= 0.3 is 0 Å². The standard InChI is InChI=1S/C11H20N4O/c1-11(2,3)7-13-10-6-9(12-4-5-16)14-8-15-10/h6,8,16H,4-5,7H2,1-3H3,(H2,12,13,14,15). The van der Waals surface area contributed by atoms with Crippen LogP contribution in [0.25, 0.3) is 0 Å². The molecule has 0 saturated heterocycles. The van der Waals surface area contributed by atoms with Crippen molar-refractivity contribution in [3.63, 3.8) is 0 Å². The maximum atomic E-state index is 8.69. The molecule has 5 heteroatoms. The molecule has 0 spiro atoms. The highest BCUT2D eigenvalue weighted by Crippen LogP contribution is 2.15. The lowest BCUT2D eigenvalue weighted by molar-refractivity contribution is 0.311. The van der Waals surface area contributed by atoms with Gasteiger partial charge in [0.2, 0.25) is 0 Å². The van der Waals surface area contributed by atoms with Gasteiger partial charge in [-0.2, -0.15) is 0 Å². The van der Waals surface area contributed by atoms with E-state index < -0.39 is 0 Å². The van der Waals surface area contributed by atoms with Gasteiger partial charge in [0.25, 0.3) is 0 Å². The van der Waals surface area contributed by atoms with E-state index in [4.69, 9.17) is 5.11 Å². The fraction of sp³-hybridized carbons (Fsp3) is 0.636. The van der Waals surface area contributed by atoms with E-state index in [2.05, 4.69) is 41.4 Å². The van der Waals surface area contributed by atoms with E-state index in [0.717, 1.165) is 18.2 Å². The number of aliphatic hydroxyl groups is 1. The number of anilines is 2. The zero-order valence-corrected chi connectivity index (χ0v) is 10.1. The molecule has 0 saturated carbocycles. The van der Waals surface area contributed by atoms with Gasteiger partial charge < -0.3 is 15.7 Å². The molecule has 0 bridgehead atoms. The summed E-state index contributed by atoms with van der Waals surface area (Å²) in [4.78, 5) is 8.17. The summed E-state index contributed by atoms with van der Waals surface area (Å²) >= 11 is 0. The van der Waals surface area contributed by atoms with E-state index >= 15 is 0 Å². The molecule has 0 aliphatic heterocycles. The minimum absolute atomic E-state index is 0.0920. The molecule has 0 unspecified atom stereocenters. The van der Waals surface area contributed by atoms with Gasteiger partial charge in [0.15, 0.2) is 0 Å². The number of hydrogen-bond donors (Lipinski definition) is 3. The summed E-state index contributed by atoms with van der Waals surface area (Å²) in [7, 11) is 0. The topological polar surface area (TPSA) is 70.1 Å². The Labute approximate surface area is 96.3 Å². The zero-order chi connectivity index (χ0) is 12.0. The molecular weight excluding hydrogens is 204 g/mol. The Balaban J connectivity index is 2.53. The minimum atomic E-state index is 0.0920. The minimum Gasteiger partial charge on any atom is -0.395 e. The summed E-state index contributed by atoms with van der Waals surface area (Å²) < 4.78 is 0. The molecule has 3 N–H and O–H groups in total. The Kier molecular flexibility index (Phi) is 4.49. The van der Waals surface area contributed by atoms with Crippen LogP contribution in [0.2, 0.25) is 0 Å². The molecule has 0 atom stereocenters. The van der Waals surface area contributed by atoms with E-state index in [-0.39, 0.29) is 12.0 Å². The molecular formula is C11H20N4O. The predicted molar refractivity (Wildman–Crippen MR) is 65.6 cm³/mol. The van der Waals surface area contributed by atoms with Crippen molar-refractivity contribution >= 4 is 11.6 Å². The molecule has 0 aliphatic rings. The molecule has 0 amide bonds. The van der Waals surface area contributed by atoms with E-state index in [1.165, 1.54) is 6.33 Å². The maximum absolute atomic E-state index is 8.69. The maximum Gasteiger partial charge on any atom is 0.131 e. The number of aliphatic hydroxyl groups excluding tert-OH is 1. The molecule has 5 nitrogen and oxygen atoms in total. The third-order valence-corrected chi connectivity index (χ3v) is 1.88. The highest BCUT2D eigenvalue weighted by molar-refractivity contribution is 5.46. The smallest absolute Gasteiger partial charge is 0.131 e. The Hall–Kier alpha value is -1.36. The average molecular weight is 224 g/mol. The quantitative estimate of drug-likeness (QED) is 0.704. The number of rotatable bonds is 5. The van der Waals surface area contributed by atoms with E-state index in [1.54, 1.807) is 0 Å². The Bertz CT molecular complexity index is 322. The predicted octanol–water partition coefficient (Wildman–Crippen LogP) is 1.34. The van der Waals surface area contributed by atoms with Gasteiger partial charge in [0.05, 0.1) is 6.61 Å². The molecule has 0 fully saturated rings. The first-order valence-corrected chi connectivity index (χ1v) is 5.42. The van der Waals surface area contributed by atoms with Crippen molar-refractivity contribution < 1.29 is 5.11 Å². The first-order valence-electron chi connectivity index (χ1n) is 5.42. The SMILES string of the molecule is CC(C)(C)CNc1cc(NCCO)ncn1. The zero-order valence-electron chi connectivity index (χ0n) is 10.1. The summed E-state index contributed by atoms with van der Waals surface area (Å²) in [6.45, 7) is 7.91. The van der Waals surface area contributed by atoms with Gasteiger partial charge in [0.1, 0.15) is 18.0 Å². The second-order valence-corrected chi connectivity index (χ2v) is 4.85. The molecule has 16 heavy (non-hydrogen) atoms. The van der Waals surface area contributed by atoms with Crippen molar-refractivity contribution in [2.45, 2.75) is 20.8 Å². The molecule has 0 radical (unpaired) electrons. The van der Waals surface area contributed by atoms with Crippen LogP contribution in [0, 0.1) is 5.41 Å². The molecule has 1 aromatic rings. The van der Waals surface area contributed by atoms with E-state index in [9.17, 15) is 0 Å². The van der Waals surface area contributed by atoms with Crippen molar-refractivity contribution in [2.24, 2.45) is 5.41 Å². The first-order chi connectivity index (χ1) is 7.51. The van der Waals surface area contributed by atoms with Gasteiger partial charge in [-0.1, -0.05) is 20.8 Å². The molecule has 90 valence electrons. The van der Waals surface area contributed by atoms with Crippen LogP contribution >= 0.6 is 0 Å². The van der Waals surface area contributed by atoms with E-state index in [1.807, 2.05) is 6.07 Å². The summed E-state index contributed by atoms with van der Waals surface area (Å²) in [5.74, 6) is 1.52. The lowest BCUT2D eigenvalue weighted by Gasteiger charge is -2.19. The van der Waals surface area contributed by atoms with Crippen LogP contribution in [0.4, 0.5) is 11.6 Å². The Morgan fingerprint density at radius 3 is 2.38 bits per heavy atom. The summed E-state index contributed by atoms with van der Waals surface area (Å²) in [6.07, 6.45) is 1.50. The second kappa shape index (κ2) is 5.65. The van der Waals surface area contributed by atoms with Crippen molar-refractivity contribution in [2.75, 3.05) is 30.3 Å². The monoisotopic (exact) mass is 224 g/mol. The molecule has 0 aliphatic carbocycles. The molecule has 1 rings (SSSR count). The largest absolute Gasteiger partial charge is 0.395 e. The number of aromatic nitrogens is 2.